The molecule has 0 amide bonds. The first-order chi connectivity index (χ1) is 18.1. The molecule has 0 bridgehead atoms. The van der Waals surface area contributed by atoms with Gasteiger partial charge in [-0.3, -0.25) is 0 Å². The average molecular weight is 529 g/mol. The van der Waals surface area contributed by atoms with E-state index in [0.29, 0.717) is 34.0 Å². The third-order valence-corrected chi connectivity index (χ3v) is 5.26. The van der Waals surface area contributed by atoms with E-state index in [1.165, 1.54) is 18.2 Å². The van der Waals surface area contributed by atoms with Gasteiger partial charge in [0, 0.05) is 29.4 Å². The summed E-state index contributed by atoms with van der Waals surface area (Å²) in [4.78, 5) is 24.4. The van der Waals surface area contributed by atoms with E-state index in [0.717, 1.165) is 0 Å². The van der Waals surface area contributed by atoms with Crippen molar-refractivity contribution in [2.24, 2.45) is 0 Å². The van der Waals surface area contributed by atoms with Gasteiger partial charge in [0.05, 0.1) is 12.2 Å². The van der Waals surface area contributed by atoms with Crippen molar-refractivity contribution in [3.63, 3.8) is 0 Å². The van der Waals surface area contributed by atoms with E-state index in [4.69, 9.17) is 25.7 Å². The molecule has 3 rings (SSSR count). The molecule has 0 aromatic heterocycles. The lowest BCUT2D eigenvalue weighted by Gasteiger charge is -2.09. The summed E-state index contributed by atoms with van der Waals surface area (Å²) >= 11 is 0. The van der Waals surface area contributed by atoms with E-state index in [1.807, 2.05) is 0 Å². The smallest absolute Gasteiger partial charge is 0.389 e. The summed E-state index contributed by atoms with van der Waals surface area (Å²) in [5, 5.41) is 0. The molecule has 0 radical (unpaired) electrons. The van der Waals surface area contributed by atoms with Gasteiger partial charge >= 0.3 is 18.1 Å². The van der Waals surface area contributed by atoms with Crippen molar-refractivity contribution in [3.8, 4) is 11.5 Å². The molecule has 0 aliphatic heterocycles. The first-order valence-corrected chi connectivity index (χ1v) is 11.7. The molecule has 3 aromatic carbocycles. The van der Waals surface area contributed by atoms with E-state index < -0.39 is 24.5 Å². The Morgan fingerprint density at radius 3 is 2.21 bits per heavy atom. The van der Waals surface area contributed by atoms with Gasteiger partial charge in [-0.05, 0) is 73.0 Å². The number of nitrogen functional groups attached to an aromatic ring is 2. The molecule has 0 heterocycles. The largest absolute Gasteiger partial charge is 0.494 e. The van der Waals surface area contributed by atoms with Gasteiger partial charge in [-0.2, -0.15) is 13.2 Å². The maximum absolute atomic E-state index is 12.4. The number of ether oxygens (including phenoxy) is 3. The minimum Gasteiger partial charge on any atom is -0.494 e. The SMILES string of the molecule is Nc1ccc(COC(=O)/C=C/c2ccc(OC(=O)c3ccc(OCCCCC(F)(F)F)cc3)cc2)c(N)c1. The molecule has 0 saturated heterocycles. The molecular formula is C28H27F3N2O5. The molecule has 0 unspecified atom stereocenters. The number of alkyl halides is 3. The summed E-state index contributed by atoms with van der Waals surface area (Å²) in [6.45, 7) is 0.162. The van der Waals surface area contributed by atoms with Crippen molar-refractivity contribution >= 4 is 29.4 Å². The molecular weight excluding hydrogens is 501 g/mol. The molecule has 7 nitrogen and oxygen atoms in total. The van der Waals surface area contributed by atoms with Crippen LogP contribution in [0.25, 0.3) is 6.08 Å². The second-order valence-electron chi connectivity index (χ2n) is 8.30. The van der Waals surface area contributed by atoms with Crippen LogP contribution in [0.3, 0.4) is 0 Å². The molecule has 0 fully saturated rings. The zero-order valence-electron chi connectivity index (χ0n) is 20.4. The van der Waals surface area contributed by atoms with Crippen molar-refractivity contribution in [1.82, 2.24) is 0 Å². The normalized spacial score (nSPS) is 11.3. The van der Waals surface area contributed by atoms with E-state index >= 15 is 0 Å². The van der Waals surface area contributed by atoms with Gasteiger partial charge < -0.3 is 25.7 Å². The predicted molar refractivity (Wildman–Crippen MR) is 137 cm³/mol. The molecule has 4 N–H and O–H groups in total. The number of benzene rings is 3. The van der Waals surface area contributed by atoms with Gasteiger partial charge in [0.2, 0.25) is 0 Å². The third-order valence-electron chi connectivity index (χ3n) is 5.26. The number of unbranched alkanes of at least 4 members (excludes halogenated alkanes) is 1. The van der Waals surface area contributed by atoms with Crippen molar-refractivity contribution < 1.29 is 37.0 Å². The number of hydrogen-bond donors (Lipinski definition) is 2. The highest BCUT2D eigenvalue weighted by Crippen LogP contribution is 2.23. The van der Waals surface area contributed by atoms with E-state index in [9.17, 15) is 22.8 Å². The van der Waals surface area contributed by atoms with Gasteiger partial charge in [-0.25, -0.2) is 9.59 Å². The standard InChI is InChI=1S/C28H27F3N2O5/c29-28(30,31)15-1-2-16-36-23-12-7-20(8-13-23)27(35)38-24-10-3-19(4-11-24)5-14-26(34)37-18-21-6-9-22(32)17-25(21)33/h3-14,17H,1-2,15-16,18,32-33H2/b14-5+. The second kappa shape index (κ2) is 13.2. The van der Waals surface area contributed by atoms with E-state index in [1.54, 1.807) is 60.7 Å². The van der Waals surface area contributed by atoms with Crippen LogP contribution < -0.4 is 20.9 Å². The minimum atomic E-state index is -4.16. The van der Waals surface area contributed by atoms with Crippen molar-refractivity contribution in [3.05, 3.63) is 89.5 Å². The van der Waals surface area contributed by atoms with Crippen LogP contribution in [0.4, 0.5) is 24.5 Å². The molecule has 3 aromatic rings. The Bertz CT molecular complexity index is 1260. The predicted octanol–water partition coefficient (Wildman–Crippen LogP) is 5.94. The number of carbonyl (C=O) groups excluding carboxylic acids is 2. The first-order valence-electron chi connectivity index (χ1n) is 11.7. The van der Waals surface area contributed by atoms with Crippen molar-refractivity contribution in [1.29, 1.82) is 0 Å². The highest BCUT2D eigenvalue weighted by Gasteiger charge is 2.25. The Balaban J connectivity index is 1.43. The fraction of sp³-hybridized carbons (Fsp3) is 0.214. The van der Waals surface area contributed by atoms with Crippen molar-refractivity contribution in [2.75, 3.05) is 18.1 Å². The number of nitrogens with two attached hydrogens (primary N) is 2. The van der Waals surface area contributed by atoms with Crippen LogP contribution in [0.5, 0.6) is 11.5 Å². The number of esters is 2. The molecule has 0 atom stereocenters. The third kappa shape index (κ3) is 9.53. The van der Waals surface area contributed by atoms with Gasteiger partial charge in [0.1, 0.15) is 18.1 Å². The van der Waals surface area contributed by atoms with Crippen LogP contribution in [0.2, 0.25) is 0 Å². The summed E-state index contributed by atoms with van der Waals surface area (Å²) in [6.07, 6.45) is -1.91. The van der Waals surface area contributed by atoms with Crippen LogP contribution in [0, 0.1) is 0 Å². The lowest BCUT2D eigenvalue weighted by molar-refractivity contribution is -0.139. The van der Waals surface area contributed by atoms with Gasteiger partial charge in [-0.15, -0.1) is 0 Å². The maximum atomic E-state index is 12.4. The first kappa shape index (κ1) is 28.1. The van der Waals surface area contributed by atoms with Gasteiger partial charge in [0.25, 0.3) is 0 Å². The Labute approximate surface area is 217 Å². The van der Waals surface area contributed by atoms with E-state index in [-0.39, 0.29) is 31.6 Å². The lowest BCUT2D eigenvalue weighted by Crippen LogP contribution is -2.09. The van der Waals surface area contributed by atoms with Gasteiger partial charge in [0.15, 0.2) is 0 Å². The zero-order valence-corrected chi connectivity index (χ0v) is 20.4. The molecule has 38 heavy (non-hydrogen) atoms. The van der Waals surface area contributed by atoms with Crippen LogP contribution in [-0.4, -0.2) is 24.7 Å². The summed E-state index contributed by atoms with van der Waals surface area (Å²) < 4.78 is 52.4. The monoisotopic (exact) mass is 528 g/mol. The summed E-state index contributed by atoms with van der Waals surface area (Å²) in [6, 6.07) is 17.6. The number of anilines is 2. The van der Waals surface area contributed by atoms with Crippen LogP contribution in [0.1, 0.15) is 40.7 Å². The average Bonchev–Trinajstić information content (AvgIpc) is 2.87. The van der Waals surface area contributed by atoms with Crippen LogP contribution in [-0.2, 0) is 16.1 Å². The topological polar surface area (TPSA) is 114 Å². The Hall–Kier alpha value is -4.47. The van der Waals surface area contributed by atoms with Crippen molar-refractivity contribution in [2.45, 2.75) is 32.0 Å². The minimum absolute atomic E-state index is 0.00729. The fourth-order valence-electron chi connectivity index (χ4n) is 3.22. The van der Waals surface area contributed by atoms with Crippen LogP contribution in [0.15, 0.2) is 72.8 Å². The van der Waals surface area contributed by atoms with Crippen LogP contribution >= 0.6 is 0 Å². The molecule has 200 valence electrons. The lowest BCUT2D eigenvalue weighted by atomic mass is 10.2. The highest BCUT2D eigenvalue weighted by atomic mass is 19.4. The summed E-state index contributed by atoms with van der Waals surface area (Å²) in [5.41, 5.74) is 14.1. The summed E-state index contributed by atoms with van der Waals surface area (Å²) in [7, 11) is 0. The fourth-order valence-corrected chi connectivity index (χ4v) is 3.22. The zero-order chi connectivity index (χ0) is 27.5. The van der Waals surface area contributed by atoms with E-state index in [2.05, 4.69) is 0 Å². The second-order valence-corrected chi connectivity index (χ2v) is 8.30. The Kier molecular flexibility index (Phi) is 9.75. The maximum Gasteiger partial charge on any atom is 0.389 e. The molecule has 0 saturated carbocycles. The number of halogens is 3. The Morgan fingerprint density at radius 2 is 1.55 bits per heavy atom. The number of rotatable bonds is 11. The molecule has 0 spiro atoms. The quantitative estimate of drug-likeness (QED) is 0.104. The molecule has 10 heteroatoms. The molecule has 0 aliphatic carbocycles. The number of hydrogen-bond acceptors (Lipinski definition) is 7. The Morgan fingerprint density at radius 1 is 0.868 bits per heavy atom. The molecule has 0 aliphatic rings. The summed E-state index contributed by atoms with van der Waals surface area (Å²) in [5.74, 6) is -0.389. The number of carbonyl (C=O) groups is 2. The van der Waals surface area contributed by atoms with Gasteiger partial charge in [-0.1, -0.05) is 18.2 Å². The highest BCUT2D eigenvalue weighted by molar-refractivity contribution is 5.91.